The summed E-state index contributed by atoms with van der Waals surface area (Å²) in [6.07, 6.45) is 0. The molecule has 0 aliphatic carbocycles. The average Bonchev–Trinajstić information content (AvgIpc) is 3.25. The molecule has 28 heavy (non-hydrogen) atoms. The Hall–Kier alpha value is -3.19. The van der Waals surface area contributed by atoms with Crippen molar-refractivity contribution in [3.63, 3.8) is 0 Å². The van der Waals surface area contributed by atoms with E-state index in [-0.39, 0.29) is 5.69 Å². The maximum atomic E-state index is 11.3. The second kappa shape index (κ2) is 7.44. The number of fused-ring (bicyclic) bond motifs is 1. The summed E-state index contributed by atoms with van der Waals surface area (Å²) in [6, 6.07) is 16.4. The van der Waals surface area contributed by atoms with Crippen LogP contribution in [0.3, 0.4) is 0 Å². The van der Waals surface area contributed by atoms with Crippen molar-refractivity contribution >= 4 is 33.7 Å². The molecule has 2 heterocycles. The maximum Gasteiger partial charge on any atom is 0.294 e. The number of thiazole rings is 1. The minimum atomic E-state index is -0.403. The molecule has 0 saturated heterocycles. The van der Waals surface area contributed by atoms with E-state index >= 15 is 0 Å². The Kier molecular flexibility index (Phi) is 4.83. The fourth-order valence-electron chi connectivity index (χ4n) is 3.08. The minimum absolute atomic E-state index is 0.00251. The largest absolute Gasteiger partial charge is 0.454 e. The summed E-state index contributed by atoms with van der Waals surface area (Å²) in [5.74, 6) is 1.14. The number of nitrogens with zero attached hydrogens (tertiary/aromatic N) is 3. The smallest absolute Gasteiger partial charge is 0.294 e. The third-order valence-electron chi connectivity index (χ3n) is 4.32. The van der Waals surface area contributed by atoms with Gasteiger partial charge in [0, 0.05) is 23.4 Å². The monoisotopic (exact) mass is 393 g/mol. The van der Waals surface area contributed by atoms with Crippen molar-refractivity contribution < 1.29 is 9.34 Å². The first-order valence-electron chi connectivity index (χ1n) is 8.98. The molecule has 2 aromatic carbocycles. The number of para-hydroxylation sites is 3. The molecule has 0 saturated carbocycles. The summed E-state index contributed by atoms with van der Waals surface area (Å²) in [5.41, 5.74) is 2.10. The molecule has 4 rings (SSSR count). The zero-order valence-corrected chi connectivity index (χ0v) is 16.3. The molecule has 6 nitrogen and oxygen atoms in total. The Morgan fingerprint density at radius 3 is 2.68 bits per heavy atom. The molecule has 0 unspecified atom stereocenters. The van der Waals surface area contributed by atoms with Gasteiger partial charge in [0.05, 0.1) is 10.6 Å². The average molecular weight is 393 g/mol. The lowest BCUT2D eigenvalue weighted by Crippen LogP contribution is -2.18. The highest BCUT2D eigenvalue weighted by Crippen LogP contribution is 2.30. The van der Waals surface area contributed by atoms with Crippen molar-refractivity contribution in [3.05, 3.63) is 74.9 Å². The van der Waals surface area contributed by atoms with Gasteiger partial charge in [-0.2, -0.15) is 0 Å². The molecule has 4 aromatic rings. The highest BCUT2D eigenvalue weighted by molar-refractivity contribution is 7.07. The minimum Gasteiger partial charge on any atom is -0.454 e. The molecule has 0 radical (unpaired) electrons. The van der Waals surface area contributed by atoms with Gasteiger partial charge in [-0.15, -0.1) is 11.3 Å². The lowest BCUT2D eigenvalue weighted by atomic mass is 10.2. The Morgan fingerprint density at radius 1 is 1.18 bits per heavy atom. The second-order valence-corrected chi connectivity index (χ2v) is 7.75. The van der Waals surface area contributed by atoms with Crippen LogP contribution in [-0.2, 0) is 6.54 Å². The Bertz CT molecular complexity index is 1180. The molecule has 0 aliphatic heterocycles. The van der Waals surface area contributed by atoms with Crippen LogP contribution in [0.4, 0.5) is 11.4 Å². The number of nitro benzene ring substituents is 1. The number of rotatable bonds is 5. The third-order valence-corrected chi connectivity index (χ3v) is 5.18. The van der Waals surface area contributed by atoms with Crippen LogP contribution in [0.1, 0.15) is 13.8 Å². The summed E-state index contributed by atoms with van der Waals surface area (Å²) >= 11 is 1.45. The van der Waals surface area contributed by atoms with Gasteiger partial charge < -0.3 is 8.98 Å². The van der Waals surface area contributed by atoms with Gasteiger partial charge in [-0.05, 0) is 24.1 Å². The molecule has 0 fully saturated rings. The van der Waals surface area contributed by atoms with Crippen molar-refractivity contribution in [3.8, 4) is 11.5 Å². The lowest BCUT2D eigenvalue weighted by molar-refractivity contribution is -0.384. The standard InChI is InChI=1S/C21H19N3O3S/c1-14(2)12-23-18(20-11-15-7-3-6-10-19(15)27-20)13-28-21(23)22-16-8-4-5-9-17(16)24(25)26/h3-11,13-14H,12H2,1-2H3. The molecular formula is C21H19N3O3S. The predicted octanol–water partition coefficient (Wildman–Crippen LogP) is 5.76. The lowest BCUT2D eigenvalue weighted by Gasteiger charge is -2.10. The van der Waals surface area contributed by atoms with Gasteiger partial charge in [-0.3, -0.25) is 10.1 Å². The van der Waals surface area contributed by atoms with E-state index in [1.807, 2.05) is 35.7 Å². The van der Waals surface area contributed by atoms with Crippen LogP contribution in [-0.4, -0.2) is 9.49 Å². The van der Waals surface area contributed by atoms with E-state index in [1.165, 1.54) is 17.4 Å². The molecule has 0 bridgehead atoms. The van der Waals surface area contributed by atoms with Gasteiger partial charge in [-0.25, -0.2) is 4.99 Å². The van der Waals surface area contributed by atoms with Gasteiger partial charge in [0.25, 0.3) is 5.69 Å². The third kappa shape index (κ3) is 3.48. The number of furan rings is 1. The quantitative estimate of drug-likeness (QED) is 0.320. The highest BCUT2D eigenvalue weighted by atomic mass is 32.1. The summed E-state index contributed by atoms with van der Waals surface area (Å²) in [4.78, 5) is 16.2. The predicted molar refractivity (Wildman–Crippen MR) is 111 cm³/mol. The van der Waals surface area contributed by atoms with Crippen molar-refractivity contribution in [1.29, 1.82) is 0 Å². The van der Waals surface area contributed by atoms with E-state index in [0.717, 1.165) is 29.0 Å². The number of benzene rings is 2. The first-order valence-corrected chi connectivity index (χ1v) is 9.86. The van der Waals surface area contributed by atoms with Gasteiger partial charge in [0.15, 0.2) is 10.6 Å². The molecule has 0 aliphatic rings. The zero-order chi connectivity index (χ0) is 19.7. The number of hydrogen-bond acceptors (Lipinski definition) is 5. The molecule has 142 valence electrons. The van der Waals surface area contributed by atoms with E-state index in [9.17, 15) is 10.1 Å². The summed E-state index contributed by atoms with van der Waals surface area (Å²) < 4.78 is 8.11. The SMILES string of the molecule is CC(C)Cn1c(-c2cc3ccccc3o2)csc1=Nc1ccccc1[N+](=O)[O-]. The first-order chi connectivity index (χ1) is 13.5. The van der Waals surface area contributed by atoms with E-state index in [4.69, 9.17) is 4.42 Å². The van der Waals surface area contributed by atoms with E-state index in [2.05, 4.69) is 23.4 Å². The van der Waals surface area contributed by atoms with Crippen LogP contribution < -0.4 is 4.80 Å². The molecule has 0 N–H and O–H groups in total. The van der Waals surface area contributed by atoms with Crippen molar-refractivity contribution in [2.24, 2.45) is 10.9 Å². The summed E-state index contributed by atoms with van der Waals surface area (Å²) in [7, 11) is 0. The maximum absolute atomic E-state index is 11.3. The molecule has 2 aromatic heterocycles. The number of nitro groups is 1. The fourth-order valence-corrected chi connectivity index (χ4v) is 3.99. The molecule has 0 spiro atoms. The Morgan fingerprint density at radius 2 is 1.93 bits per heavy atom. The normalized spacial score (nSPS) is 12.2. The van der Waals surface area contributed by atoms with E-state index < -0.39 is 4.92 Å². The second-order valence-electron chi connectivity index (χ2n) is 6.91. The molecule has 0 atom stereocenters. The van der Waals surface area contributed by atoms with E-state index in [0.29, 0.717) is 16.4 Å². The number of hydrogen-bond donors (Lipinski definition) is 0. The summed E-state index contributed by atoms with van der Waals surface area (Å²) in [6.45, 7) is 4.99. The summed E-state index contributed by atoms with van der Waals surface area (Å²) in [5, 5.41) is 14.4. The Labute approximate surface area is 165 Å². The zero-order valence-electron chi connectivity index (χ0n) is 15.5. The molecular weight excluding hydrogens is 374 g/mol. The van der Waals surface area contributed by atoms with Crippen molar-refractivity contribution in [1.82, 2.24) is 4.57 Å². The Balaban J connectivity index is 1.89. The van der Waals surface area contributed by atoms with Crippen LogP contribution >= 0.6 is 11.3 Å². The number of aromatic nitrogens is 1. The first kappa shape index (κ1) is 18.2. The van der Waals surface area contributed by atoms with Crippen LogP contribution in [0, 0.1) is 16.0 Å². The molecule has 0 amide bonds. The molecule has 7 heteroatoms. The topological polar surface area (TPSA) is 73.6 Å². The van der Waals surface area contributed by atoms with Gasteiger partial charge in [-0.1, -0.05) is 44.2 Å². The van der Waals surface area contributed by atoms with Crippen molar-refractivity contribution in [2.75, 3.05) is 0 Å². The van der Waals surface area contributed by atoms with Gasteiger partial charge in [0.2, 0.25) is 0 Å². The van der Waals surface area contributed by atoms with Crippen LogP contribution in [0.2, 0.25) is 0 Å². The van der Waals surface area contributed by atoms with Crippen LogP contribution in [0.15, 0.2) is 69.4 Å². The van der Waals surface area contributed by atoms with Gasteiger partial charge in [0.1, 0.15) is 11.3 Å². The van der Waals surface area contributed by atoms with Crippen molar-refractivity contribution in [2.45, 2.75) is 20.4 Å². The van der Waals surface area contributed by atoms with Crippen LogP contribution in [0.25, 0.3) is 22.4 Å². The van der Waals surface area contributed by atoms with Crippen LogP contribution in [0.5, 0.6) is 0 Å². The fraction of sp³-hybridized carbons (Fsp3) is 0.190. The van der Waals surface area contributed by atoms with Gasteiger partial charge >= 0.3 is 0 Å². The van der Waals surface area contributed by atoms with E-state index in [1.54, 1.807) is 18.2 Å². The highest BCUT2D eigenvalue weighted by Gasteiger charge is 2.16.